The minimum Gasteiger partial charge on any atom is -0.481 e. The van der Waals surface area contributed by atoms with E-state index in [-0.39, 0.29) is 17.9 Å². The Hall–Kier alpha value is -1.94. The number of nitrogens with zero attached hydrogens (tertiary/aromatic N) is 1. The van der Waals surface area contributed by atoms with E-state index in [0.717, 1.165) is 6.07 Å². The predicted molar refractivity (Wildman–Crippen MR) is 106 cm³/mol. The van der Waals surface area contributed by atoms with Gasteiger partial charge in [0, 0.05) is 25.2 Å². The van der Waals surface area contributed by atoms with Crippen molar-refractivity contribution >= 4 is 22.9 Å². The van der Waals surface area contributed by atoms with Crippen LogP contribution in [0.15, 0.2) is 12.1 Å². The van der Waals surface area contributed by atoms with E-state index in [1.165, 1.54) is 4.90 Å². The SMILES string of the molecule is CC(C)(C)[S@](=O)N[C@H](Cc1cc(F)c(F)cc1F)C1CCN(C(=O)CC(=O)O)CC1. The summed E-state index contributed by atoms with van der Waals surface area (Å²) in [6.45, 7) is 5.96. The smallest absolute Gasteiger partial charge is 0.312 e. The van der Waals surface area contributed by atoms with Crippen molar-refractivity contribution < 1.29 is 32.1 Å². The van der Waals surface area contributed by atoms with E-state index in [1.807, 2.05) is 0 Å². The van der Waals surface area contributed by atoms with Crippen molar-refractivity contribution in [1.82, 2.24) is 9.62 Å². The van der Waals surface area contributed by atoms with Crippen LogP contribution in [0, 0.1) is 23.4 Å². The Morgan fingerprint density at radius 3 is 2.27 bits per heavy atom. The number of benzene rings is 1. The molecule has 1 fully saturated rings. The zero-order chi connectivity index (χ0) is 22.6. The van der Waals surface area contributed by atoms with Crippen molar-refractivity contribution in [3.05, 3.63) is 35.1 Å². The molecule has 0 radical (unpaired) electrons. The Morgan fingerprint density at radius 1 is 1.17 bits per heavy atom. The maximum atomic E-state index is 14.2. The van der Waals surface area contributed by atoms with Gasteiger partial charge in [-0.2, -0.15) is 0 Å². The topological polar surface area (TPSA) is 86.7 Å². The number of amides is 1. The summed E-state index contributed by atoms with van der Waals surface area (Å²) in [4.78, 5) is 24.2. The molecule has 30 heavy (non-hydrogen) atoms. The molecule has 10 heteroatoms. The molecule has 168 valence electrons. The molecule has 0 spiro atoms. The van der Waals surface area contributed by atoms with Gasteiger partial charge in [-0.15, -0.1) is 0 Å². The number of piperidine rings is 1. The van der Waals surface area contributed by atoms with Crippen LogP contribution in [0.3, 0.4) is 0 Å². The third-order valence-electron chi connectivity index (χ3n) is 5.11. The number of carbonyl (C=O) groups excluding carboxylic acids is 1. The molecule has 2 N–H and O–H groups in total. The molecule has 2 atom stereocenters. The van der Waals surface area contributed by atoms with Gasteiger partial charge in [0.15, 0.2) is 11.6 Å². The standard InChI is InChI=1S/C20H27F3N2O4S/c1-20(2,3)30(29)24-17(9-13-8-15(22)16(23)10-14(13)21)12-4-6-25(7-5-12)18(26)11-19(27)28/h8,10,12,17,24H,4-7,9,11H2,1-3H3,(H,27,28)/t17-,30+/m1/s1. The molecule has 1 aromatic rings. The predicted octanol–water partition coefficient (Wildman–Crippen LogP) is 2.78. The Bertz CT molecular complexity index is 821. The lowest BCUT2D eigenvalue weighted by Gasteiger charge is -2.37. The molecule has 1 aliphatic heterocycles. The average Bonchev–Trinajstić information content (AvgIpc) is 2.64. The average molecular weight is 449 g/mol. The van der Waals surface area contributed by atoms with E-state index in [9.17, 15) is 27.0 Å². The summed E-state index contributed by atoms with van der Waals surface area (Å²) < 4.78 is 56.2. The van der Waals surface area contributed by atoms with E-state index in [2.05, 4.69) is 4.72 Å². The van der Waals surface area contributed by atoms with E-state index >= 15 is 0 Å². The first-order valence-corrected chi connectivity index (χ1v) is 10.8. The van der Waals surface area contributed by atoms with Gasteiger partial charge in [0.2, 0.25) is 5.91 Å². The van der Waals surface area contributed by atoms with Gasteiger partial charge in [0.05, 0.1) is 15.7 Å². The summed E-state index contributed by atoms with van der Waals surface area (Å²) in [5.74, 6) is -5.10. The number of rotatable bonds is 7. The maximum absolute atomic E-state index is 14.2. The quantitative estimate of drug-likeness (QED) is 0.496. The molecule has 2 rings (SSSR count). The van der Waals surface area contributed by atoms with Crippen LogP contribution >= 0.6 is 0 Å². The Labute approximate surface area is 176 Å². The first-order valence-electron chi connectivity index (χ1n) is 9.69. The van der Waals surface area contributed by atoms with Gasteiger partial charge in [-0.05, 0) is 57.6 Å². The highest BCUT2D eigenvalue weighted by molar-refractivity contribution is 7.84. The molecule has 1 amide bonds. The van der Waals surface area contributed by atoms with Crippen molar-refractivity contribution in [2.24, 2.45) is 5.92 Å². The van der Waals surface area contributed by atoms with Gasteiger partial charge in [0.25, 0.3) is 0 Å². The monoisotopic (exact) mass is 448 g/mol. The van der Waals surface area contributed by atoms with Gasteiger partial charge >= 0.3 is 5.97 Å². The lowest BCUT2D eigenvalue weighted by molar-refractivity contribution is -0.144. The van der Waals surface area contributed by atoms with Crippen molar-refractivity contribution in [3.8, 4) is 0 Å². The molecule has 0 aromatic heterocycles. The molecule has 6 nitrogen and oxygen atoms in total. The van der Waals surface area contributed by atoms with Crippen molar-refractivity contribution in [2.75, 3.05) is 13.1 Å². The maximum Gasteiger partial charge on any atom is 0.312 e. The fraction of sp³-hybridized carbons (Fsp3) is 0.600. The second-order valence-corrected chi connectivity index (χ2v) is 10.5. The fourth-order valence-electron chi connectivity index (χ4n) is 3.37. The van der Waals surface area contributed by atoms with E-state index in [4.69, 9.17) is 5.11 Å². The van der Waals surface area contributed by atoms with Gasteiger partial charge < -0.3 is 10.0 Å². The Kier molecular flexibility index (Phi) is 8.04. The molecule has 1 aliphatic rings. The van der Waals surface area contributed by atoms with Crippen LogP contribution < -0.4 is 4.72 Å². The summed E-state index contributed by atoms with van der Waals surface area (Å²) >= 11 is 0. The number of halogens is 3. The molecule has 1 heterocycles. The van der Waals surface area contributed by atoms with Crippen molar-refractivity contribution in [1.29, 1.82) is 0 Å². The van der Waals surface area contributed by atoms with Crippen molar-refractivity contribution in [2.45, 2.75) is 57.2 Å². The zero-order valence-electron chi connectivity index (χ0n) is 17.2. The first kappa shape index (κ1) is 24.3. The molecular formula is C20H27F3N2O4S. The second kappa shape index (κ2) is 9.91. The number of carboxylic acids is 1. The third-order valence-corrected chi connectivity index (χ3v) is 6.74. The minimum absolute atomic E-state index is 0.00140. The number of carbonyl (C=O) groups is 2. The molecule has 1 aromatic carbocycles. The number of hydrogen-bond donors (Lipinski definition) is 2. The van der Waals surface area contributed by atoms with Gasteiger partial charge in [-0.1, -0.05) is 0 Å². The normalized spacial score (nSPS) is 17.6. The van der Waals surface area contributed by atoms with Crippen LogP contribution in [0.1, 0.15) is 45.6 Å². The van der Waals surface area contributed by atoms with Gasteiger partial charge in [-0.25, -0.2) is 22.1 Å². The molecule has 0 saturated carbocycles. The number of likely N-dealkylation sites (tertiary alicyclic amines) is 1. The first-order chi connectivity index (χ1) is 13.9. The Morgan fingerprint density at radius 2 is 1.73 bits per heavy atom. The largest absolute Gasteiger partial charge is 0.481 e. The summed E-state index contributed by atoms with van der Waals surface area (Å²) in [5, 5.41) is 8.78. The number of aliphatic carboxylic acids is 1. The molecule has 0 unspecified atom stereocenters. The van der Waals surface area contributed by atoms with Crippen LogP contribution in [-0.4, -0.2) is 50.0 Å². The highest BCUT2D eigenvalue weighted by Crippen LogP contribution is 2.26. The molecule has 0 aliphatic carbocycles. The third kappa shape index (κ3) is 6.53. The Balaban J connectivity index is 2.17. The number of carboxylic acid groups (broad SMARTS) is 1. The molecule has 0 bridgehead atoms. The van der Waals surface area contributed by atoms with Gasteiger partial charge in [0.1, 0.15) is 12.2 Å². The van der Waals surface area contributed by atoms with Crippen LogP contribution in [-0.2, 0) is 27.0 Å². The van der Waals surface area contributed by atoms with Crippen LogP contribution in [0.25, 0.3) is 0 Å². The lowest BCUT2D eigenvalue weighted by Crippen LogP contribution is -2.49. The number of hydrogen-bond acceptors (Lipinski definition) is 3. The van der Waals surface area contributed by atoms with E-state index in [0.29, 0.717) is 32.0 Å². The second-order valence-electron chi connectivity index (χ2n) is 8.46. The lowest BCUT2D eigenvalue weighted by atomic mass is 9.86. The summed E-state index contributed by atoms with van der Waals surface area (Å²) in [6.07, 6.45) is 0.379. The zero-order valence-corrected chi connectivity index (χ0v) is 18.0. The van der Waals surface area contributed by atoms with Gasteiger partial charge in [-0.3, -0.25) is 9.59 Å². The van der Waals surface area contributed by atoms with Crippen LogP contribution in [0.2, 0.25) is 0 Å². The van der Waals surface area contributed by atoms with Crippen molar-refractivity contribution in [3.63, 3.8) is 0 Å². The van der Waals surface area contributed by atoms with E-state index < -0.39 is 57.5 Å². The van der Waals surface area contributed by atoms with Crippen LogP contribution in [0.5, 0.6) is 0 Å². The number of nitrogens with one attached hydrogen (secondary N) is 1. The van der Waals surface area contributed by atoms with Crippen LogP contribution in [0.4, 0.5) is 13.2 Å². The summed E-state index contributed by atoms with van der Waals surface area (Å²) in [5.41, 5.74) is -0.0262. The highest BCUT2D eigenvalue weighted by atomic mass is 32.2. The fourth-order valence-corrected chi connectivity index (χ4v) is 4.27. The molecule has 1 saturated heterocycles. The van der Waals surface area contributed by atoms with E-state index in [1.54, 1.807) is 20.8 Å². The summed E-state index contributed by atoms with van der Waals surface area (Å²) in [7, 11) is -1.48. The molecular weight excluding hydrogens is 421 g/mol. The minimum atomic E-state index is -1.48. The summed E-state index contributed by atoms with van der Waals surface area (Å²) in [6, 6.07) is 0.807. The highest BCUT2D eigenvalue weighted by Gasteiger charge is 2.32.